The topological polar surface area (TPSA) is 139 Å². The number of benzene rings is 3. The SMILES string of the molecule is CCC(C)n1ncn(-c2ccc(N(C=O)CCN(C=O)c3ccc(OCC4COC(Cn5cncn5)(c5ccc(Cl)cc5Cl)O4)cc3)cc2)c1=O. The van der Waals surface area contributed by atoms with Crippen LogP contribution < -0.4 is 20.2 Å². The van der Waals surface area contributed by atoms with Gasteiger partial charge in [-0.1, -0.05) is 36.2 Å². The fourth-order valence-electron chi connectivity index (χ4n) is 5.68. The minimum absolute atomic E-state index is 0.0188. The fraction of sp³-hybridized carbons (Fsp3) is 0.314. The summed E-state index contributed by atoms with van der Waals surface area (Å²) in [6.07, 6.45) is 6.25. The average molecular weight is 736 g/mol. The summed E-state index contributed by atoms with van der Waals surface area (Å²) < 4.78 is 23.2. The fourth-order valence-corrected chi connectivity index (χ4v) is 6.23. The zero-order valence-electron chi connectivity index (χ0n) is 27.9. The van der Waals surface area contributed by atoms with Gasteiger partial charge in [-0.25, -0.2) is 23.7 Å². The molecular formula is C35H36Cl2N8O6. The summed E-state index contributed by atoms with van der Waals surface area (Å²) in [5.41, 5.74) is 2.25. The second kappa shape index (κ2) is 15.9. The number of hydrogen-bond acceptors (Lipinski definition) is 9. The Labute approximate surface area is 303 Å². The van der Waals surface area contributed by atoms with E-state index in [0.717, 1.165) is 6.42 Å². The Kier molecular flexibility index (Phi) is 11.2. The van der Waals surface area contributed by atoms with Crippen molar-refractivity contribution in [2.24, 2.45) is 0 Å². The Hall–Kier alpha value is -5.02. The maximum atomic E-state index is 12.8. The molecule has 0 saturated carbocycles. The van der Waals surface area contributed by atoms with Crippen molar-refractivity contribution in [1.29, 1.82) is 0 Å². The first kappa shape index (κ1) is 35.8. The molecule has 5 aromatic rings. The first-order chi connectivity index (χ1) is 24.7. The number of amides is 2. The van der Waals surface area contributed by atoms with Gasteiger partial charge in [0.1, 0.15) is 44.0 Å². The van der Waals surface area contributed by atoms with Crippen molar-refractivity contribution in [3.8, 4) is 11.4 Å². The molecule has 0 N–H and O–H groups in total. The van der Waals surface area contributed by atoms with Crippen LogP contribution >= 0.6 is 23.2 Å². The van der Waals surface area contributed by atoms with E-state index in [1.807, 2.05) is 13.8 Å². The first-order valence-electron chi connectivity index (χ1n) is 16.3. The van der Waals surface area contributed by atoms with Gasteiger partial charge in [0.05, 0.1) is 23.4 Å². The van der Waals surface area contributed by atoms with E-state index in [0.29, 0.717) is 51.2 Å². The maximum absolute atomic E-state index is 12.8. The lowest BCUT2D eigenvalue weighted by atomic mass is 10.1. The Balaban J connectivity index is 1.05. The standard InChI is InChI=1S/C35H36Cl2N8O6/c1-3-25(2)45-34(48)44(22-40-45)29-7-5-27(6-8-29)41(23-46)14-15-42(24-47)28-9-11-30(12-10-28)49-17-31-18-50-35(51-31,19-43-21-38-20-39-43)32-13-4-26(36)16-33(32)37/h4-13,16,20-25,31H,3,14-15,17-19H2,1-2H3. The van der Waals surface area contributed by atoms with Gasteiger partial charge >= 0.3 is 5.69 Å². The van der Waals surface area contributed by atoms with Crippen LogP contribution in [0.4, 0.5) is 11.4 Å². The van der Waals surface area contributed by atoms with Crippen molar-refractivity contribution >= 4 is 47.4 Å². The summed E-state index contributed by atoms with van der Waals surface area (Å²) in [4.78, 5) is 43.9. The zero-order valence-corrected chi connectivity index (χ0v) is 29.4. The van der Waals surface area contributed by atoms with Gasteiger partial charge in [0, 0.05) is 35.1 Å². The van der Waals surface area contributed by atoms with E-state index >= 15 is 0 Å². The molecule has 1 saturated heterocycles. The number of halogens is 2. The smallest absolute Gasteiger partial charge is 0.350 e. The van der Waals surface area contributed by atoms with E-state index in [2.05, 4.69) is 15.2 Å². The van der Waals surface area contributed by atoms with Crippen LogP contribution in [0.3, 0.4) is 0 Å². The molecule has 0 radical (unpaired) electrons. The van der Waals surface area contributed by atoms with Crippen molar-refractivity contribution in [2.45, 2.75) is 44.7 Å². The highest BCUT2D eigenvalue weighted by Crippen LogP contribution is 2.40. The third-order valence-electron chi connectivity index (χ3n) is 8.64. The van der Waals surface area contributed by atoms with Crippen LogP contribution in [0.2, 0.25) is 10.0 Å². The molecule has 6 rings (SSSR count). The molecule has 2 aromatic heterocycles. The van der Waals surface area contributed by atoms with E-state index in [1.165, 1.54) is 31.7 Å². The molecule has 266 valence electrons. The largest absolute Gasteiger partial charge is 0.491 e. The number of anilines is 2. The third kappa shape index (κ3) is 7.99. The van der Waals surface area contributed by atoms with Gasteiger partial charge in [-0.3, -0.25) is 9.59 Å². The van der Waals surface area contributed by atoms with Crippen molar-refractivity contribution in [3.63, 3.8) is 0 Å². The predicted molar refractivity (Wildman–Crippen MR) is 191 cm³/mol. The van der Waals surface area contributed by atoms with Gasteiger partial charge in [0.15, 0.2) is 0 Å². The van der Waals surface area contributed by atoms with Gasteiger partial charge in [-0.2, -0.15) is 10.2 Å². The molecule has 3 atom stereocenters. The molecule has 51 heavy (non-hydrogen) atoms. The number of ether oxygens (including phenoxy) is 3. The normalized spacial score (nSPS) is 17.6. The highest BCUT2D eigenvalue weighted by molar-refractivity contribution is 6.35. The van der Waals surface area contributed by atoms with Gasteiger partial charge in [0.2, 0.25) is 18.6 Å². The Morgan fingerprint density at radius 1 is 0.980 bits per heavy atom. The van der Waals surface area contributed by atoms with Crippen molar-refractivity contribution in [2.75, 3.05) is 36.1 Å². The van der Waals surface area contributed by atoms with Crippen molar-refractivity contribution < 1.29 is 23.8 Å². The maximum Gasteiger partial charge on any atom is 0.350 e. The molecule has 3 aromatic carbocycles. The Bertz CT molecular complexity index is 1990. The molecule has 3 heterocycles. The Morgan fingerprint density at radius 3 is 2.27 bits per heavy atom. The predicted octanol–water partition coefficient (Wildman–Crippen LogP) is 4.88. The molecule has 1 aliphatic rings. The molecule has 0 bridgehead atoms. The summed E-state index contributed by atoms with van der Waals surface area (Å²) >= 11 is 12.7. The summed E-state index contributed by atoms with van der Waals surface area (Å²) in [6.45, 7) is 5.03. The summed E-state index contributed by atoms with van der Waals surface area (Å²) in [5, 5.41) is 9.30. The monoisotopic (exact) mass is 734 g/mol. The minimum atomic E-state index is -1.23. The quantitative estimate of drug-likeness (QED) is 0.130. The summed E-state index contributed by atoms with van der Waals surface area (Å²) in [6, 6.07) is 19.1. The highest BCUT2D eigenvalue weighted by atomic mass is 35.5. The summed E-state index contributed by atoms with van der Waals surface area (Å²) in [5.74, 6) is -0.665. The molecule has 1 aliphatic heterocycles. The Morgan fingerprint density at radius 2 is 1.67 bits per heavy atom. The molecule has 1 fully saturated rings. The van der Waals surface area contributed by atoms with Crippen molar-refractivity contribution in [3.05, 3.63) is 112 Å². The van der Waals surface area contributed by atoms with E-state index in [9.17, 15) is 14.4 Å². The van der Waals surface area contributed by atoms with E-state index in [-0.39, 0.29) is 44.6 Å². The zero-order chi connectivity index (χ0) is 36.0. The summed E-state index contributed by atoms with van der Waals surface area (Å²) in [7, 11) is 0. The van der Waals surface area contributed by atoms with Crippen LogP contribution in [0.25, 0.3) is 5.69 Å². The van der Waals surface area contributed by atoms with Crippen LogP contribution in [0.15, 0.2) is 90.5 Å². The molecule has 3 unspecified atom stereocenters. The van der Waals surface area contributed by atoms with Gasteiger partial charge in [-0.15, -0.1) is 0 Å². The van der Waals surface area contributed by atoms with Crippen molar-refractivity contribution in [1.82, 2.24) is 29.1 Å². The number of carbonyl (C=O) groups excluding carboxylic acids is 2. The van der Waals surface area contributed by atoms with Gasteiger partial charge < -0.3 is 24.0 Å². The van der Waals surface area contributed by atoms with Crippen LogP contribution in [0.5, 0.6) is 5.75 Å². The second-order valence-corrected chi connectivity index (χ2v) is 12.8. The highest BCUT2D eigenvalue weighted by Gasteiger charge is 2.45. The molecule has 14 nitrogen and oxygen atoms in total. The average Bonchev–Trinajstić information content (AvgIpc) is 3.90. The van der Waals surface area contributed by atoms with Gasteiger partial charge in [0.25, 0.3) is 0 Å². The lowest BCUT2D eigenvalue weighted by Crippen LogP contribution is -2.35. The minimum Gasteiger partial charge on any atom is -0.491 e. The number of carbonyl (C=O) groups is 2. The molecule has 2 amide bonds. The first-order valence-corrected chi connectivity index (χ1v) is 17.0. The van der Waals surface area contributed by atoms with E-state index in [4.69, 9.17) is 37.4 Å². The van der Waals surface area contributed by atoms with Gasteiger partial charge in [-0.05, 0) is 74.0 Å². The van der Waals surface area contributed by atoms with Crippen LogP contribution in [-0.4, -0.2) is 74.3 Å². The van der Waals surface area contributed by atoms with E-state index < -0.39 is 11.9 Å². The van der Waals surface area contributed by atoms with Crippen LogP contribution in [0.1, 0.15) is 31.9 Å². The molecule has 16 heteroatoms. The van der Waals surface area contributed by atoms with Crippen LogP contribution in [0, 0.1) is 0 Å². The lowest BCUT2D eigenvalue weighted by Gasteiger charge is -2.29. The molecule has 0 aliphatic carbocycles. The molecular weight excluding hydrogens is 699 g/mol. The lowest BCUT2D eigenvalue weighted by molar-refractivity contribution is -0.190. The number of hydrogen-bond donors (Lipinski definition) is 0. The number of aromatic nitrogens is 6. The second-order valence-electron chi connectivity index (χ2n) is 11.9. The number of rotatable bonds is 16. The molecule has 0 spiro atoms. The van der Waals surface area contributed by atoms with E-state index in [1.54, 1.807) is 77.7 Å². The van der Waals surface area contributed by atoms with Crippen LogP contribution in [-0.2, 0) is 31.4 Å². The third-order valence-corrected chi connectivity index (χ3v) is 9.19. The number of nitrogens with zero attached hydrogens (tertiary/aromatic N) is 8.